The monoisotopic (exact) mass is 185 g/mol. The van der Waals surface area contributed by atoms with Gasteiger partial charge in [0.2, 0.25) is 0 Å². The van der Waals surface area contributed by atoms with Gasteiger partial charge in [0.1, 0.15) is 0 Å². The van der Waals surface area contributed by atoms with Crippen molar-refractivity contribution in [3.8, 4) is 0 Å². The first-order valence-corrected chi connectivity index (χ1v) is 6.72. The van der Waals surface area contributed by atoms with Crippen molar-refractivity contribution in [2.24, 2.45) is 0 Å². The van der Waals surface area contributed by atoms with Crippen LogP contribution in [0, 0.1) is 0 Å². The second kappa shape index (κ2) is 6.97. The predicted molar refractivity (Wildman–Crippen MR) is 65.8 cm³/mol. The first-order valence-electron chi connectivity index (χ1n) is 5.06. The standard InChI is InChI=1S/C8H22B2NP/c1-7(2)12(8(3)4)6-5-11-10-9/h7-8,10-11H,5-6,9H2,1-4H3. The van der Waals surface area contributed by atoms with E-state index >= 15 is 0 Å². The molecular weight excluding hydrogens is 163 g/mol. The molecule has 0 spiro atoms. The van der Waals surface area contributed by atoms with E-state index in [0.29, 0.717) is 0 Å². The Kier molecular flexibility index (Phi) is 7.28. The average Bonchev–Trinajstić information content (AvgIpc) is 1.96. The Balaban J connectivity index is 3.64. The maximum absolute atomic E-state index is 3.40. The summed E-state index contributed by atoms with van der Waals surface area (Å²) in [5, 5.41) is 3.40. The summed E-state index contributed by atoms with van der Waals surface area (Å²) in [6.07, 6.45) is 1.39. The first kappa shape index (κ1) is 12.5. The summed E-state index contributed by atoms with van der Waals surface area (Å²) in [5.41, 5.74) is 1.78. The molecule has 0 saturated heterocycles. The second-order valence-corrected chi connectivity index (χ2v) is 7.32. The number of rotatable bonds is 6. The fourth-order valence-electron chi connectivity index (χ4n) is 1.50. The predicted octanol–water partition coefficient (Wildman–Crippen LogP) is 0.774. The molecule has 0 radical (unpaired) electrons. The van der Waals surface area contributed by atoms with E-state index in [-0.39, 0.29) is 7.92 Å². The van der Waals surface area contributed by atoms with Gasteiger partial charge in [-0.1, -0.05) is 27.7 Å². The molecule has 1 nitrogen and oxygen atoms in total. The van der Waals surface area contributed by atoms with Crippen molar-refractivity contribution in [3.63, 3.8) is 0 Å². The Morgan fingerprint density at radius 3 is 2.08 bits per heavy atom. The molecule has 0 aliphatic rings. The largest absolute Gasteiger partial charge is 0.366 e. The molecular formula is C8H22B2NP. The summed E-state index contributed by atoms with van der Waals surface area (Å²) in [5.74, 6) is 0. The summed E-state index contributed by atoms with van der Waals surface area (Å²) in [6.45, 7) is 10.6. The molecule has 0 aromatic carbocycles. The van der Waals surface area contributed by atoms with Crippen LogP contribution in [0.25, 0.3) is 0 Å². The van der Waals surface area contributed by atoms with Gasteiger partial charge in [-0.15, -0.1) is 7.92 Å². The summed E-state index contributed by atoms with van der Waals surface area (Å²) in [6, 6.07) is 0. The minimum Gasteiger partial charge on any atom is -0.366 e. The topological polar surface area (TPSA) is 12.0 Å². The molecule has 0 heterocycles. The molecule has 0 unspecified atom stereocenters. The van der Waals surface area contributed by atoms with E-state index in [2.05, 4.69) is 40.7 Å². The zero-order chi connectivity index (χ0) is 9.56. The van der Waals surface area contributed by atoms with Crippen molar-refractivity contribution in [2.75, 3.05) is 12.7 Å². The lowest BCUT2D eigenvalue weighted by atomic mass is 9.67. The van der Waals surface area contributed by atoms with Crippen LogP contribution in [0.4, 0.5) is 0 Å². The Morgan fingerprint density at radius 1 is 1.25 bits per heavy atom. The minimum absolute atomic E-state index is 0.247. The van der Waals surface area contributed by atoms with Crippen LogP contribution >= 0.6 is 7.92 Å². The maximum atomic E-state index is 3.40. The molecule has 0 aliphatic carbocycles. The van der Waals surface area contributed by atoms with Crippen LogP contribution in [0.2, 0.25) is 0 Å². The van der Waals surface area contributed by atoms with E-state index in [0.717, 1.165) is 18.6 Å². The molecule has 70 valence electrons. The molecule has 0 aliphatic heterocycles. The van der Waals surface area contributed by atoms with E-state index in [1.165, 1.54) is 12.7 Å². The van der Waals surface area contributed by atoms with Crippen molar-refractivity contribution in [1.29, 1.82) is 0 Å². The summed E-state index contributed by atoms with van der Waals surface area (Å²) in [7, 11) is 3.53. The number of hydrogen-bond acceptors (Lipinski definition) is 1. The molecule has 0 atom stereocenters. The molecule has 0 amide bonds. The second-order valence-electron chi connectivity index (χ2n) is 3.78. The number of hydrogen-bond donors (Lipinski definition) is 1. The van der Waals surface area contributed by atoms with E-state index in [1.807, 2.05) is 0 Å². The van der Waals surface area contributed by atoms with Crippen LogP contribution < -0.4 is 5.23 Å². The lowest BCUT2D eigenvalue weighted by Gasteiger charge is -2.25. The highest BCUT2D eigenvalue weighted by atomic mass is 31.1. The van der Waals surface area contributed by atoms with Crippen molar-refractivity contribution in [3.05, 3.63) is 0 Å². The van der Waals surface area contributed by atoms with E-state index in [9.17, 15) is 0 Å². The fourth-order valence-corrected chi connectivity index (χ4v) is 4.14. The number of nitrogens with one attached hydrogen (secondary N) is 1. The molecule has 0 fully saturated rings. The normalized spacial score (nSPS) is 11.6. The van der Waals surface area contributed by atoms with Crippen LogP contribution in [0.5, 0.6) is 0 Å². The zero-order valence-electron chi connectivity index (χ0n) is 9.22. The van der Waals surface area contributed by atoms with Crippen molar-refractivity contribution in [2.45, 2.75) is 39.0 Å². The quantitative estimate of drug-likeness (QED) is 0.366. The molecule has 1 N–H and O–H groups in total. The van der Waals surface area contributed by atoms with Crippen molar-refractivity contribution < 1.29 is 0 Å². The maximum Gasteiger partial charge on any atom is 0.157 e. The SMILES string of the molecule is BBNCCP(C(C)C)C(C)C. The smallest absolute Gasteiger partial charge is 0.157 e. The molecule has 12 heavy (non-hydrogen) atoms. The lowest BCUT2D eigenvalue weighted by Crippen LogP contribution is -2.24. The van der Waals surface area contributed by atoms with Gasteiger partial charge in [-0.3, -0.25) is 0 Å². The van der Waals surface area contributed by atoms with Gasteiger partial charge in [0.05, 0.1) is 7.74 Å². The third-order valence-corrected chi connectivity index (χ3v) is 5.52. The van der Waals surface area contributed by atoms with Crippen LogP contribution in [0.3, 0.4) is 0 Å². The molecule has 0 bridgehead atoms. The summed E-state index contributed by atoms with van der Waals surface area (Å²) < 4.78 is 0. The Labute approximate surface area is 80.5 Å². The fraction of sp³-hybridized carbons (Fsp3) is 1.00. The van der Waals surface area contributed by atoms with E-state index in [1.54, 1.807) is 0 Å². The van der Waals surface area contributed by atoms with Crippen LogP contribution in [0.1, 0.15) is 27.7 Å². The molecule has 0 saturated carbocycles. The van der Waals surface area contributed by atoms with Crippen LogP contribution in [-0.2, 0) is 0 Å². The Bertz CT molecular complexity index is 101. The minimum atomic E-state index is 0.247. The van der Waals surface area contributed by atoms with Gasteiger partial charge in [-0.25, -0.2) is 0 Å². The first-order chi connectivity index (χ1) is 5.59. The lowest BCUT2D eigenvalue weighted by molar-refractivity contribution is 0.956. The van der Waals surface area contributed by atoms with Crippen molar-refractivity contribution >= 4 is 23.0 Å². The average molecular weight is 185 g/mol. The Morgan fingerprint density at radius 2 is 1.75 bits per heavy atom. The van der Waals surface area contributed by atoms with Crippen LogP contribution in [-0.4, -0.2) is 39.1 Å². The molecule has 0 aromatic heterocycles. The van der Waals surface area contributed by atoms with E-state index in [4.69, 9.17) is 0 Å². The third-order valence-electron chi connectivity index (χ3n) is 2.12. The van der Waals surface area contributed by atoms with Crippen LogP contribution in [0.15, 0.2) is 0 Å². The van der Waals surface area contributed by atoms with Gasteiger partial charge in [0.25, 0.3) is 0 Å². The molecule has 0 aromatic rings. The zero-order valence-corrected chi connectivity index (χ0v) is 10.1. The molecule has 0 rings (SSSR count). The molecule has 4 heteroatoms. The van der Waals surface area contributed by atoms with Gasteiger partial charge in [-0.05, 0) is 24.0 Å². The highest BCUT2D eigenvalue weighted by Gasteiger charge is 2.15. The van der Waals surface area contributed by atoms with Gasteiger partial charge in [0, 0.05) is 0 Å². The summed E-state index contributed by atoms with van der Waals surface area (Å²) >= 11 is 0. The van der Waals surface area contributed by atoms with Gasteiger partial charge >= 0.3 is 0 Å². The van der Waals surface area contributed by atoms with Gasteiger partial charge in [0.15, 0.2) is 7.31 Å². The van der Waals surface area contributed by atoms with Gasteiger partial charge in [-0.2, -0.15) is 0 Å². The van der Waals surface area contributed by atoms with Crippen molar-refractivity contribution in [1.82, 2.24) is 5.23 Å². The highest BCUT2D eigenvalue weighted by Crippen LogP contribution is 2.44. The summed E-state index contributed by atoms with van der Waals surface area (Å²) in [4.78, 5) is 0. The Hall–Kier alpha value is 0.520. The van der Waals surface area contributed by atoms with E-state index < -0.39 is 0 Å². The highest BCUT2D eigenvalue weighted by molar-refractivity contribution is 7.59. The third kappa shape index (κ3) is 5.22. The van der Waals surface area contributed by atoms with Gasteiger partial charge < -0.3 is 5.23 Å².